The van der Waals surface area contributed by atoms with E-state index in [1.807, 2.05) is 9.09 Å². The van der Waals surface area contributed by atoms with Gasteiger partial charge in [0.25, 0.3) is 0 Å². The zero-order valence-electron chi connectivity index (χ0n) is 7.66. The lowest BCUT2D eigenvalue weighted by Crippen LogP contribution is -1.87. The number of fused-ring (bicyclic) bond motifs is 1. The van der Waals surface area contributed by atoms with Gasteiger partial charge in [-0.2, -0.15) is 5.10 Å². The van der Waals surface area contributed by atoms with Crippen LogP contribution in [0.25, 0.3) is 10.9 Å². The van der Waals surface area contributed by atoms with E-state index < -0.39 is 0 Å². The van der Waals surface area contributed by atoms with Gasteiger partial charge >= 0.3 is 0 Å². The highest BCUT2D eigenvalue weighted by molar-refractivity contribution is 14.1. The quantitative estimate of drug-likeness (QED) is 0.735. The SMILES string of the molecule is CC(C)c1cccc2c1cnn2I. The lowest BCUT2D eigenvalue weighted by molar-refractivity contribution is 0.876. The third kappa shape index (κ3) is 1.45. The molecular formula is C10H11IN2. The molecule has 0 saturated carbocycles. The summed E-state index contributed by atoms with van der Waals surface area (Å²) in [4.78, 5) is 0. The minimum Gasteiger partial charge on any atom is -0.204 e. The predicted octanol–water partition coefficient (Wildman–Crippen LogP) is 3.36. The molecule has 0 aliphatic rings. The fourth-order valence-electron chi connectivity index (χ4n) is 1.55. The third-order valence-corrected chi connectivity index (χ3v) is 2.99. The van der Waals surface area contributed by atoms with Crippen molar-refractivity contribution in [1.29, 1.82) is 0 Å². The molecule has 0 aliphatic carbocycles. The van der Waals surface area contributed by atoms with Crippen LogP contribution >= 0.6 is 22.9 Å². The van der Waals surface area contributed by atoms with Crippen molar-refractivity contribution in [1.82, 2.24) is 7.99 Å². The second-order valence-corrected chi connectivity index (χ2v) is 4.35. The molecule has 13 heavy (non-hydrogen) atoms. The maximum absolute atomic E-state index is 4.24. The summed E-state index contributed by atoms with van der Waals surface area (Å²) in [7, 11) is 0. The van der Waals surface area contributed by atoms with Gasteiger partial charge in [-0.15, -0.1) is 0 Å². The largest absolute Gasteiger partial charge is 0.204 e. The number of hydrogen-bond donors (Lipinski definition) is 0. The summed E-state index contributed by atoms with van der Waals surface area (Å²) in [6.45, 7) is 4.42. The molecule has 3 heteroatoms. The minimum absolute atomic E-state index is 0.560. The lowest BCUT2D eigenvalue weighted by atomic mass is 10.00. The van der Waals surface area contributed by atoms with Crippen LogP contribution in [0.5, 0.6) is 0 Å². The first kappa shape index (κ1) is 8.99. The number of hydrogen-bond acceptors (Lipinski definition) is 1. The van der Waals surface area contributed by atoms with Gasteiger partial charge in [-0.05, 0) is 17.5 Å². The van der Waals surface area contributed by atoms with Gasteiger partial charge in [0.15, 0.2) is 0 Å². The smallest absolute Gasteiger partial charge is 0.0851 e. The standard InChI is InChI=1S/C10H11IN2/c1-7(2)8-4-3-5-10-9(8)6-12-13(10)11/h3-7H,1-2H3. The number of halogens is 1. The summed E-state index contributed by atoms with van der Waals surface area (Å²) >= 11 is 2.20. The topological polar surface area (TPSA) is 17.8 Å². The van der Waals surface area contributed by atoms with Gasteiger partial charge in [0.2, 0.25) is 0 Å². The Hall–Kier alpha value is -0.580. The van der Waals surface area contributed by atoms with E-state index in [-0.39, 0.29) is 0 Å². The highest BCUT2D eigenvalue weighted by Gasteiger charge is 2.07. The summed E-state index contributed by atoms with van der Waals surface area (Å²) < 4.78 is 1.89. The van der Waals surface area contributed by atoms with Crippen molar-refractivity contribution in [2.75, 3.05) is 0 Å². The van der Waals surface area contributed by atoms with Crippen LogP contribution in [0.4, 0.5) is 0 Å². The Bertz CT molecular complexity index is 431. The van der Waals surface area contributed by atoms with Crippen molar-refractivity contribution in [2.24, 2.45) is 0 Å². The predicted molar refractivity (Wildman–Crippen MR) is 63.2 cm³/mol. The molecular weight excluding hydrogens is 275 g/mol. The van der Waals surface area contributed by atoms with Gasteiger partial charge in [0.05, 0.1) is 34.6 Å². The first-order chi connectivity index (χ1) is 6.20. The molecule has 0 radical (unpaired) electrons. The van der Waals surface area contributed by atoms with Crippen LogP contribution in [-0.4, -0.2) is 7.99 Å². The molecule has 0 bridgehead atoms. The van der Waals surface area contributed by atoms with Gasteiger partial charge in [0, 0.05) is 5.39 Å². The van der Waals surface area contributed by atoms with Crippen LogP contribution < -0.4 is 0 Å². The van der Waals surface area contributed by atoms with E-state index in [4.69, 9.17) is 0 Å². The van der Waals surface area contributed by atoms with Crippen molar-refractivity contribution in [3.8, 4) is 0 Å². The van der Waals surface area contributed by atoms with Crippen LogP contribution in [0.1, 0.15) is 25.3 Å². The maximum Gasteiger partial charge on any atom is 0.0851 e. The number of rotatable bonds is 1. The van der Waals surface area contributed by atoms with E-state index in [1.54, 1.807) is 0 Å². The molecule has 0 aliphatic heterocycles. The van der Waals surface area contributed by atoms with Crippen molar-refractivity contribution >= 4 is 33.8 Å². The molecule has 0 N–H and O–H groups in total. The number of nitrogens with zero attached hydrogens (tertiary/aromatic N) is 2. The van der Waals surface area contributed by atoms with Gasteiger partial charge in [-0.3, -0.25) is 0 Å². The molecule has 1 aromatic carbocycles. The maximum atomic E-state index is 4.24. The second kappa shape index (κ2) is 3.29. The average molecular weight is 286 g/mol. The highest BCUT2D eigenvalue weighted by atomic mass is 127. The second-order valence-electron chi connectivity index (χ2n) is 3.44. The average Bonchev–Trinajstić information content (AvgIpc) is 2.48. The molecule has 0 saturated heterocycles. The van der Waals surface area contributed by atoms with Crippen LogP contribution in [0.15, 0.2) is 24.4 Å². The summed E-state index contributed by atoms with van der Waals surface area (Å²) in [6.07, 6.45) is 1.94. The van der Waals surface area contributed by atoms with Gasteiger partial charge in [-0.1, -0.05) is 26.0 Å². The molecule has 0 spiro atoms. The zero-order valence-corrected chi connectivity index (χ0v) is 9.82. The Labute approximate surface area is 91.4 Å². The molecule has 1 heterocycles. The van der Waals surface area contributed by atoms with E-state index in [1.165, 1.54) is 16.5 Å². The first-order valence-electron chi connectivity index (χ1n) is 4.33. The zero-order chi connectivity index (χ0) is 9.42. The normalized spacial score (nSPS) is 11.4. The molecule has 0 fully saturated rings. The summed E-state index contributed by atoms with van der Waals surface area (Å²) in [6, 6.07) is 6.36. The molecule has 1 aromatic heterocycles. The molecule has 2 rings (SSSR count). The van der Waals surface area contributed by atoms with Crippen LogP contribution in [0.2, 0.25) is 0 Å². The molecule has 0 unspecified atom stereocenters. The Morgan fingerprint density at radius 3 is 2.85 bits per heavy atom. The van der Waals surface area contributed by atoms with Crippen molar-refractivity contribution in [3.63, 3.8) is 0 Å². The van der Waals surface area contributed by atoms with Crippen molar-refractivity contribution in [3.05, 3.63) is 30.0 Å². The number of benzene rings is 1. The molecule has 0 atom stereocenters. The van der Waals surface area contributed by atoms with E-state index in [0.29, 0.717) is 5.92 Å². The summed E-state index contributed by atoms with van der Waals surface area (Å²) in [5.74, 6) is 0.560. The van der Waals surface area contributed by atoms with Gasteiger partial charge in [-0.25, -0.2) is 2.90 Å². The Balaban J connectivity index is 2.77. The molecule has 68 valence electrons. The number of aromatic nitrogens is 2. The van der Waals surface area contributed by atoms with Crippen LogP contribution in [0.3, 0.4) is 0 Å². The third-order valence-electron chi connectivity index (χ3n) is 2.23. The Morgan fingerprint density at radius 1 is 1.38 bits per heavy atom. The fraction of sp³-hybridized carbons (Fsp3) is 0.300. The lowest BCUT2D eigenvalue weighted by Gasteiger charge is -2.05. The highest BCUT2D eigenvalue weighted by Crippen LogP contribution is 2.25. The van der Waals surface area contributed by atoms with E-state index in [2.05, 4.69) is 60.0 Å². The minimum atomic E-state index is 0.560. The monoisotopic (exact) mass is 286 g/mol. The van der Waals surface area contributed by atoms with E-state index >= 15 is 0 Å². The van der Waals surface area contributed by atoms with Crippen LogP contribution in [0, 0.1) is 0 Å². The van der Waals surface area contributed by atoms with Gasteiger partial charge < -0.3 is 0 Å². The summed E-state index contributed by atoms with van der Waals surface area (Å²) in [5, 5.41) is 5.51. The fourth-order valence-corrected chi connectivity index (χ4v) is 2.09. The van der Waals surface area contributed by atoms with E-state index in [0.717, 1.165) is 0 Å². The molecule has 0 amide bonds. The van der Waals surface area contributed by atoms with Crippen molar-refractivity contribution in [2.45, 2.75) is 19.8 Å². The summed E-state index contributed by atoms with van der Waals surface area (Å²) in [5.41, 5.74) is 2.58. The molecule has 2 aromatic rings. The Kier molecular flexibility index (Phi) is 2.27. The van der Waals surface area contributed by atoms with Crippen LogP contribution in [-0.2, 0) is 0 Å². The van der Waals surface area contributed by atoms with Crippen molar-refractivity contribution < 1.29 is 0 Å². The van der Waals surface area contributed by atoms with Gasteiger partial charge in [0.1, 0.15) is 0 Å². The Morgan fingerprint density at radius 2 is 2.15 bits per heavy atom. The first-order valence-corrected chi connectivity index (χ1v) is 5.29. The molecule has 2 nitrogen and oxygen atoms in total. The van der Waals surface area contributed by atoms with E-state index in [9.17, 15) is 0 Å².